The highest BCUT2D eigenvalue weighted by atomic mass is 32.1. The Morgan fingerprint density at radius 3 is 2.86 bits per heavy atom. The van der Waals surface area contributed by atoms with Crippen LogP contribution in [0, 0.1) is 11.3 Å². The molecule has 3 nitrogen and oxygen atoms in total. The number of nitrogens with one attached hydrogen (secondary N) is 1. The van der Waals surface area contributed by atoms with Crippen molar-refractivity contribution in [3.8, 4) is 0 Å². The molecule has 0 aliphatic heterocycles. The lowest BCUT2D eigenvalue weighted by atomic mass is 9.60. The van der Waals surface area contributed by atoms with Gasteiger partial charge in [-0.05, 0) is 36.7 Å². The number of aliphatic hydroxyl groups is 1. The molecule has 2 N–H and O–H groups in total. The van der Waals surface area contributed by atoms with E-state index in [-0.39, 0.29) is 17.9 Å². The summed E-state index contributed by atoms with van der Waals surface area (Å²) in [6, 6.07) is 8.03. The first-order valence-corrected chi connectivity index (χ1v) is 8.89. The molecule has 1 fully saturated rings. The topological polar surface area (TPSA) is 49.3 Å². The highest BCUT2D eigenvalue weighted by Gasteiger charge is 2.41. The summed E-state index contributed by atoms with van der Waals surface area (Å²) >= 11 is 1.62. The van der Waals surface area contributed by atoms with Crippen LogP contribution in [0.2, 0.25) is 0 Å². The zero-order chi connectivity index (χ0) is 15.6. The van der Waals surface area contributed by atoms with Crippen LogP contribution in [-0.2, 0) is 0 Å². The zero-order valence-electron chi connectivity index (χ0n) is 13.0. The van der Waals surface area contributed by atoms with Gasteiger partial charge in [0.2, 0.25) is 0 Å². The van der Waals surface area contributed by atoms with E-state index in [1.54, 1.807) is 11.3 Å². The molecule has 0 radical (unpaired) electrons. The van der Waals surface area contributed by atoms with Crippen molar-refractivity contribution in [1.29, 1.82) is 0 Å². The molecule has 1 atom stereocenters. The molecule has 3 rings (SSSR count). The second kappa shape index (κ2) is 6.39. The molecule has 1 aromatic carbocycles. The van der Waals surface area contributed by atoms with Gasteiger partial charge in [0.15, 0.2) is 0 Å². The van der Waals surface area contributed by atoms with Gasteiger partial charge in [-0.15, -0.1) is 11.3 Å². The number of hydrogen-bond acceptors (Lipinski definition) is 3. The van der Waals surface area contributed by atoms with E-state index in [0.29, 0.717) is 5.92 Å². The van der Waals surface area contributed by atoms with Crippen molar-refractivity contribution < 1.29 is 9.90 Å². The fourth-order valence-electron chi connectivity index (χ4n) is 3.48. The monoisotopic (exact) mass is 317 g/mol. The Morgan fingerprint density at radius 2 is 2.18 bits per heavy atom. The minimum absolute atomic E-state index is 0.0277. The molecule has 1 aromatic heterocycles. The molecule has 4 heteroatoms. The van der Waals surface area contributed by atoms with Gasteiger partial charge in [-0.1, -0.05) is 31.5 Å². The molecule has 118 valence electrons. The lowest BCUT2D eigenvalue weighted by Gasteiger charge is -2.47. The van der Waals surface area contributed by atoms with Gasteiger partial charge in [-0.25, -0.2) is 0 Å². The van der Waals surface area contributed by atoms with E-state index in [9.17, 15) is 9.90 Å². The van der Waals surface area contributed by atoms with Crippen LogP contribution >= 0.6 is 11.3 Å². The fraction of sp³-hybridized carbons (Fsp3) is 0.500. The third-order valence-corrected chi connectivity index (χ3v) is 6.25. The van der Waals surface area contributed by atoms with Crippen molar-refractivity contribution in [2.75, 3.05) is 13.2 Å². The van der Waals surface area contributed by atoms with E-state index < -0.39 is 0 Å². The van der Waals surface area contributed by atoms with Gasteiger partial charge < -0.3 is 10.4 Å². The number of fused-ring (bicyclic) bond motifs is 1. The molecule has 1 saturated carbocycles. The number of carbonyl (C=O) groups is 1. The number of benzene rings is 1. The van der Waals surface area contributed by atoms with Crippen LogP contribution in [0.1, 0.15) is 43.0 Å². The van der Waals surface area contributed by atoms with Crippen molar-refractivity contribution in [1.82, 2.24) is 5.32 Å². The second-order valence-corrected chi connectivity index (χ2v) is 7.37. The molecular weight excluding hydrogens is 294 g/mol. The molecular formula is C18H23NO2S. The maximum Gasteiger partial charge on any atom is 0.252 e. The normalized spacial score (nSPS) is 17.9. The number of hydrogen-bond donors (Lipinski definition) is 2. The fourth-order valence-corrected chi connectivity index (χ4v) is 4.42. The summed E-state index contributed by atoms with van der Waals surface area (Å²) in [5.41, 5.74) is 0.967. The number of carbonyl (C=O) groups excluding carboxylic acids is 1. The lowest BCUT2D eigenvalue weighted by molar-refractivity contribution is 0.0411. The van der Waals surface area contributed by atoms with Crippen molar-refractivity contribution >= 4 is 27.3 Å². The number of amides is 1. The van der Waals surface area contributed by atoms with Gasteiger partial charge in [0, 0.05) is 28.6 Å². The molecule has 0 unspecified atom stereocenters. The summed E-state index contributed by atoms with van der Waals surface area (Å²) in [5.74, 6) is 0.477. The summed E-state index contributed by atoms with van der Waals surface area (Å²) in [5, 5.41) is 15.3. The van der Waals surface area contributed by atoms with Gasteiger partial charge in [0.1, 0.15) is 0 Å². The van der Waals surface area contributed by atoms with E-state index in [2.05, 4.69) is 12.2 Å². The van der Waals surface area contributed by atoms with Gasteiger partial charge in [0.05, 0.1) is 5.56 Å². The summed E-state index contributed by atoms with van der Waals surface area (Å²) in [7, 11) is 0. The van der Waals surface area contributed by atoms with Gasteiger partial charge in [-0.3, -0.25) is 4.79 Å². The molecule has 1 heterocycles. The van der Waals surface area contributed by atoms with Crippen LogP contribution < -0.4 is 5.32 Å². The lowest BCUT2D eigenvalue weighted by Crippen LogP contribution is -2.46. The first-order valence-electron chi connectivity index (χ1n) is 8.01. The van der Waals surface area contributed by atoms with E-state index >= 15 is 0 Å². The van der Waals surface area contributed by atoms with Gasteiger partial charge in [0.25, 0.3) is 5.91 Å². The molecule has 0 bridgehead atoms. The molecule has 2 aromatic rings. The Hall–Kier alpha value is -1.39. The number of aliphatic hydroxyl groups excluding tert-OH is 1. The van der Waals surface area contributed by atoms with Crippen LogP contribution in [0.25, 0.3) is 10.1 Å². The minimum Gasteiger partial charge on any atom is -0.396 e. The predicted octanol–water partition coefficient (Wildman–Crippen LogP) is 3.82. The summed E-state index contributed by atoms with van der Waals surface area (Å²) in [6.07, 6.45) is 4.35. The van der Waals surface area contributed by atoms with Crippen molar-refractivity contribution in [2.45, 2.75) is 32.6 Å². The molecule has 0 saturated heterocycles. The van der Waals surface area contributed by atoms with Crippen LogP contribution in [0.4, 0.5) is 0 Å². The Kier molecular flexibility index (Phi) is 4.50. The minimum atomic E-state index is 0.0277. The van der Waals surface area contributed by atoms with E-state index in [0.717, 1.165) is 41.5 Å². The van der Waals surface area contributed by atoms with Crippen molar-refractivity contribution in [3.05, 3.63) is 35.2 Å². The van der Waals surface area contributed by atoms with E-state index in [1.165, 1.54) is 6.42 Å². The van der Waals surface area contributed by atoms with Crippen LogP contribution in [0.15, 0.2) is 29.6 Å². The summed E-state index contributed by atoms with van der Waals surface area (Å²) < 4.78 is 1.15. The van der Waals surface area contributed by atoms with E-state index in [1.807, 2.05) is 29.6 Å². The number of rotatable bonds is 6. The maximum absolute atomic E-state index is 12.5. The predicted molar refractivity (Wildman–Crippen MR) is 91.3 cm³/mol. The average molecular weight is 317 g/mol. The highest BCUT2D eigenvalue weighted by molar-refractivity contribution is 7.17. The Balaban J connectivity index is 1.69. The van der Waals surface area contributed by atoms with Crippen LogP contribution in [-0.4, -0.2) is 24.2 Å². The van der Waals surface area contributed by atoms with E-state index in [4.69, 9.17) is 0 Å². The average Bonchev–Trinajstić information content (AvgIpc) is 2.90. The smallest absolute Gasteiger partial charge is 0.252 e. The first-order chi connectivity index (χ1) is 10.7. The van der Waals surface area contributed by atoms with Crippen molar-refractivity contribution in [3.63, 3.8) is 0 Å². The first kappa shape index (κ1) is 15.5. The number of thiophene rings is 1. The quantitative estimate of drug-likeness (QED) is 0.851. The SMILES string of the molecule is C[C@@H](CCO)C1(CNC(=O)c2csc3ccccc23)CCC1. The highest BCUT2D eigenvalue weighted by Crippen LogP contribution is 2.47. The third-order valence-electron chi connectivity index (χ3n) is 5.28. The van der Waals surface area contributed by atoms with Crippen molar-refractivity contribution in [2.24, 2.45) is 11.3 Å². The molecule has 1 aliphatic rings. The standard InChI is InChI=1S/C18H23NO2S/c1-13(7-10-20)18(8-4-9-18)12-19-17(21)15-11-22-16-6-3-2-5-14(15)16/h2-3,5-6,11,13,20H,4,7-10,12H2,1H3,(H,19,21)/t13-/m0/s1. The zero-order valence-corrected chi connectivity index (χ0v) is 13.8. The Bertz CT molecular complexity index is 660. The summed E-state index contributed by atoms with van der Waals surface area (Å²) in [6.45, 7) is 3.14. The maximum atomic E-state index is 12.5. The molecule has 1 amide bonds. The molecule has 0 spiro atoms. The second-order valence-electron chi connectivity index (χ2n) is 6.46. The molecule has 22 heavy (non-hydrogen) atoms. The van der Waals surface area contributed by atoms with Gasteiger partial charge >= 0.3 is 0 Å². The summed E-state index contributed by atoms with van der Waals surface area (Å²) in [4.78, 5) is 12.5. The van der Waals surface area contributed by atoms with Gasteiger partial charge in [-0.2, -0.15) is 0 Å². The molecule has 1 aliphatic carbocycles. The Morgan fingerprint density at radius 1 is 1.41 bits per heavy atom. The third kappa shape index (κ3) is 2.77. The van der Waals surface area contributed by atoms with Crippen LogP contribution in [0.5, 0.6) is 0 Å². The van der Waals surface area contributed by atoms with Crippen LogP contribution in [0.3, 0.4) is 0 Å². The largest absolute Gasteiger partial charge is 0.396 e. The Labute approximate surface area is 135 Å².